The van der Waals surface area contributed by atoms with Gasteiger partial charge in [0.2, 0.25) is 0 Å². The minimum atomic E-state index is -4.36. The third kappa shape index (κ3) is 2.00. The molecule has 0 saturated heterocycles. The Morgan fingerprint density at radius 1 is 1.29 bits per heavy atom. The van der Waals surface area contributed by atoms with Crippen molar-refractivity contribution >= 4 is 11.3 Å². The van der Waals surface area contributed by atoms with Crippen LogP contribution in [0.5, 0.6) is 0 Å². The smallest absolute Gasteiger partial charge is 0.347 e. The second-order valence-corrected chi connectivity index (χ2v) is 5.45. The van der Waals surface area contributed by atoms with Crippen LogP contribution >= 0.6 is 0 Å². The Labute approximate surface area is 123 Å². The number of anilines is 1. The molecule has 21 heavy (non-hydrogen) atoms. The molecule has 1 aromatic carbocycles. The zero-order valence-corrected chi connectivity index (χ0v) is 12.6. The van der Waals surface area contributed by atoms with Crippen molar-refractivity contribution in [1.29, 1.82) is 0 Å². The van der Waals surface area contributed by atoms with E-state index in [2.05, 4.69) is 13.2 Å². The van der Waals surface area contributed by atoms with Crippen LogP contribution < -0.4 is 4.90 Å². The van der Waals surface area contributed by atoms with Gasteiger partial charge >= 0.3 is 6.18 Å². The zero-order chi connectivity index (χ0) is 16.0. The topological polar surface area (TPSA) is 3.24 Å². The van der Waals surface area contributed by atoms with E-state index in [4.69, 9.17) is 0 Å². The van der Waals surface area contributed by atoms with E-state index in [-0.39, 0.29) is 17.7 Å². The Bertz CT molecular complexity index is 601. The minimum Gasteiger partial charge on any atom is -0.347 e. The van der Waals surface area contributed by atoms with Crippen molar-refractivity contribution in [1.82, 2.24) is 0 Å². The Morgan fingerprint density at radius 2 is 1.90 bits per heavy atom. The van der Waals surface area contributed by atoms with Gasteiger partial charge in [-0.3, -0.25) is 0 Å². The molecule has 0 saturated carbocycles. The van der Waals surface area contributed by atoms with Crippen molar-refractivity contribution in [3.63, 3.8) is 0 Å². The molecule has 0 N–H and O–H groups in total. The Balaban J connectivity index is 2.69. The number of likely N-dealkylation sites (N-methyl/N-ethyl adjacent to an activating group) is 1. The summed E-state index contributed by atoms with van der Waals surface area (Å²) in [5.41, 5.74) is 0.766. The van der Waals surface area contributed by atoms with Crippen LogP contribution in [0.4, 0.5) is 18.9 Å². The van der Waals surface area contributed by atoms with E-state index in [1.807, 2.05) is 6.92 Å². The highest BCUT2D eigenvalue weighted by Gasteiger charge is 2.61. The molecule has 1 aromatic rings. The molecular formula is C17H20F3N. The van der Waals surface area contributed by atoms with Gasteiger partial charge in [0.1, 0.15) is 5.41 Å². The standard InChI is InChI=1S/C17H20F3N/c1-6-11(3)13-8-9-14-15(10-13)21(5)12(4)16(14,7-2)17(18,19)20/h8-10H,3-4,6-7H2,1-2,5H3. The lowest BCUT2D eigenvalue weighted by atomic mass is 9.76. The van der Waals surface area contributed by atoms with Gasteiger partial charge in [-0.2, -0.15) is 13.2 Å². The van der Waals surface area contributed by atoms with Gasteiger partial charge in [0.15, 0.2) is 0 Å². The highest BCUT2D eigenvalue weighted by Crippen LogP contribution is 2.57. The second kappa shape index (κ2) is 4.93. The number of halogens is 3. The first kappa shape index (κ1) is 15.7. The van der Waals surface area contributed by atoms with Gasteiger partial charge in [-0.05, 0) is 35.6 Å². The lowest BCUT2D eigenvalue weighted by molar-refractivity contribution is -0.178. The van der Waals surface area contributed by atoms with Crippen LogP contribution in [0.25, 0.3) is 5.57 Å². The van der Waals surface area contributed by atoms with Crippen molar-refractivity contribution in [3.8, 4) is 0 Å². The normalized spacial score (nSPS) is 21.6. The van der Waals surface area contributed by atoms with Crippen molar-refractivity contribution < 1.29 is 13.2 Å². The molecule has 1 unspecified atom stereocenters. The maximum atomic E-state index is 13.7. The number of rotatable bonds is 3. The summed E-state index contributed by atoms with van der Waals surface area (Å²) in [5.74, 6) is 0. The highest BCUT2D eigenvalue weighted by atomic mass is 19.4. The molecule has 1 aliphatic heterocycles. The van der Waals surface area contributed by atoms with E-state index in [0.717, 1.165) is 17.6 Å². The molecule has 1 aliphatic rings. The van der Waals surface area contributed by atoms with Crippen molar-refractivity contribution in [3.05, 3.63) is 48.2 Å². The number of allylic oxidation sites excluding steroid dienone is 2. The molecule has 1 nitrogen and oxygen atoms in total. The lowest BCUT2D eigenvalue weighted by Crippen LogP contribution is -2.43. The number of benzene rings is 1. The van der Waals surface area contributed by atoms with Crippen LogP contribution in [0.3, 0.4) is 0 Å². The summed E-state index contributed by atoms with van der Waals surface area (Å²) in [6, 6.07) is 5.10. The third-order valence-corrected chi connectivity index (χ3v) is 4.57. The summed E-state index contributed by atoms with van der Waals surface area (Å²) in [6.45, 7) is 11.2. The maximum Gasteiger partial charge on any atom is 0.403 e. The van der Waals surface area contributed by atoms with E-state index in [1.54, 1.807) is 37.1 Å². The summed E-state index contributed by atoms with van der Waals surface area (Å²) < 4.78 is 41.2. The van der Waals surface area contributed by atoms with Gasteiger partial charge in [0.25, 0.3) is 0 Å². The second-order valence-electron chi connectivity index (χ2n) is 5.45. The van der Waals surface area contributed by atoms with Crippen molar-refractivity contribution in [2.75, 3.05) is 11.9 Å². The Morgan fingerprint density at radius 3 is 2.38 bits per heavy atom. The number of alkyl halides is 3. The van der Waals surface area contributed by atoms with Gasteiger partial charge in [-0.15, -0.1) is 0 Å². The van der Waals surface area contributed by atoms with Gasteiger partial charge < -0.3 is 4.90 Å². The van der Waals surface area contributed by atoms with Crippen LogP contribution in [-0.4, -0.2) is 13.2 Å². The van der Waals surface area contributed by atoms with Gasteiger partial charge in [-0.25, -0.2) is 0 Å². The number of hydrogen-bond acceptors (Lipinski definition) is 1. The third-order valence-electron chi connectivity index (χ3n) is 4.57. The molecule has 0 fully saturated rings. The monoisotopic (exact) mass is 295 g/mol. The average molecular weight is 295 g/mol. The van der Waals surface area contributed by atoms with E-state index < -0.39 is 11.6 Å². The summed E-state index contributed by atoms with van der Waals surface area (Å²) in [7, 11) is 1.64. The average Bonchev–Trinajstić information content (AvgIpc) is 2.66. The van der Waals surface area contributed by atoms with Crippen LogP contribution in [-0.2, 0) is 5.41 Å². The molecule has 114 valence electrons. The number of fused-ring (bicyclic) bond motifs is 1. The van der Waals surface area contributed by atoms with Gasteiger partial charge in [-0.1, -0.05) is 39.1 Å². The summed E-state index contributed by atoms with van der Waals surface area (Å²) in [6.07, 6.45) is -3.65. The molecule has 4 heteroatoms. The molecular weight excluding hydrogens is 275 g/mol. The van der Waals surface area contributed by atoms with Crippen LogP contribution in [0, 0.1) is 0 Å². The van der Waals surface area contributed by atoms with E-state index in [1.165, 1.54) is 0 Å². The largest absolute Gasteiger partial charge is 0.403 e. The fourth-order valence-corrected chi connectivity index (χ4v) is 3.09. The fourth-order valence-electron chi connectivity index (χ4n) is 3.09. The molecule has 0 aliphatic carbocycles. The Kier molecular flexibility index (Phi) is 3.68. The number of nitrogens with zero attached hydrogens (tertiary/aromatic N) is 1. The predicted octanol–water partition coefficient (Wildman–Crippen LogP) is 5.28. The summed E-state index contributed by atoms with van der Waals surface area (Å²) in [4.78, 5) is 1.55. The van der Waals surface area contributed by atoms with Crippen molar-refractivity contribution in [2.45, 2.75) is 38.3 Å². The van der Waals surface area contributed by atoms with E-state index in [0.29, 0.717) is 5.69 Å². The highest BCUT2D eigenvalue weighted by molar-refractivity contribution is 5.76. The predicted molar refractivity (Wildman–Crippen MR) is 81.3 cm³/mol. The van der Waals surface area contributed by atoms with Gasteiger partial charge in [0.05, 0.1) is 0 Å². The first-order chi connectivity index (χ1) is 9.70. The molecule has 0 aromatic heterocycles. The molecule has 1 atom stereocenters. The maximum absolute atomic E-state index is 13.7. The first-order valence-corrected chi connectivity index (χ1v) is 7.03. The molecule has 0 amide bonds. The zero-order valence-electron chi connectivity index (χ0n) is 12.6. The molecule has 0 spiro atoms. The molecule has 1 heterocycles. The lowest BCUT2D eigenvalue weighted by Gasteiger charge is -2.33. The SMILES string of the molecule is C=C(CC)c1ccc2c(c1)N(C)C(=C)C2(CC)C(F)(F)F. The fraction of sp³-hybridized carbons (Fsp3) is 0.412. The van der Waals surface area contributed by atoms with Crippen LogP contribution in [0.2, 0.25) is 0 Å². The first-order valence-electron chi connectivity index (χ1n) is 7.03. The number of hydrogen-bond donors (Lipinski definition) is 0. The summed E-state index contributed by atoms with van der Waals surface area (Å²) >= 11 is 0. The summed E-state index contributed by atoms with van der Waals surface area (Å²) in [5, 5.41) is 0. The molecule has 2 rings (SSSR count). The minimum absolute atomic E-state index is 0.0548. The van der Waals surface area contributed by atoms with Gasteiger partial charge in [0, 0.05) is 18.4 Å². The van der Waals surface area contributed by atoms with E-state index >= 15 is 0 Å². The van der Waals surface area contributed by atoms with Crippen molar-refractivity contribution in [2.24, 2.45) is 0 Å². The molecule has 0 bridgehead atoms. The van der Waals surface area contributed by atoms with E-state index in [9.17, 15) is 13.2 Å². The molecule has 0 radical (unpaired) electrons. The van der Waals surface area contributed by atoms with Crippen LogP contribution in [0.15, 0.2) is 37.1 Å². The van der Waals surface area contributed by atoms with Crippen LogP contribution in [0.1, 0.15) is 37.8 Å². The quantitative estimate of drug-likeness (QED) is 0.733. The Hall–Kier alpha value is -1.71.